The molecule has 1 heterocycles. The minimum Gasteiger partial charge on any atom is -0.383 e. The summed E-state index contributed by atoms with van der Waals surface area (Å²) in [6.07, 6.45) is 1.07. The van der Waals surface area contributed by atoms with Crippen LogP contribution in [0.3, 0.4) is 0 Å². The molecule has 0 bridgehead atoms. The molecule has 0 atom stereocenters. The van der Waals surface area contributed by atoms with Gasteiger partial charge < -0.3 is 20.3 Å². The fourth-order valence-corrected chi connectivity index (χ4v) is 2.94. The van der Waals surface area contributed by atoms with E-state index in [0.717, 1.165) is 55.9 Å². The second-order valence-electron chi connectivity index (χ2n) is 6.09. The van der Waals surface area contributed by atoms with E-state index in [9.17, 15) is 0 Å². The number of aliphatic imine (C=N–C) groups is 1. The number of methoxy groups -OCH3 is 1. The summed E-state index contributed by atoms with van der Waals surface area (Å²) in [7, 11) is 3.86. The maximum Gasteiger partial charge on any atom is 0.191 e. The Morgan fingerprint density at radius 3 is 2.79 bits per heavy atom. The van der Waals surface area contributed by atoms with Crippen LogP contribution in [0.1, 0.15) is 43.8 Å². The molecular formula is C17H33N5OS. The standard InChI is InChI=1S/C17H33N5OS/c1-6-18-17(19-8-7-9-22(4)10-11-23-5)20-12-16-21-15(13-24-16)14(2)3/h13-14H,6-12H2,1-5H3,(H2,18,19,20). The van der Waals surface area contributed by atoms with Crippen molar-refractivity contribution in [2.75, 3.05) is 46.9 Å². The summed E-state index contributed by atoms with van der Waals surface area (Å²) in [5.74, 6) is 1.33. The van der Waals surface area contributed by atoms with Crippen LogP contribution in [0.4, 0.5) is 0 Å². The zero-order valence-electron chi connectivity index (χ0n) is 15.8. The lowest BCUT2D eigenvalue weighted by molar-refractivity contribution is 0.161. The van der Waals surface area contributed by atoms with Gasteiger partial charge in [-0.05, 0) is 32.9 Å². The molecule has 2 N–H and O–H groups in total. The summed E-state index contributed by atoms with van der Waals surface area (Å²) in [6, 6.07) is 0. The summed E-state index contributed by atoms with van der Waals surface area (Å²) in [6.45, 7) is 11.6. The van der Waals surface area contributed by atoms with Crippen LogP contribution in [0.2, 0.25) is 0 Å². The molecule has 1 rings (SSSR count). The highest BCUT2D eigenvalue weighted by molar-refractivity contribution is 7.09. The maximum atomic E-state index is 5.09. The van der Waals surface area contributed by atoms with Crippen molar-refractivity contribution in [3.8, 4) is 0 Å². The van der Waals surface area contributed by atoms with Gasteiger partial charge in [0.25, 0.3) is 0 Å². The number of likely N-dealkylation sites (N-methyl/N-ethyl adjacent to an activating group) is 1. The lowest BCUT2D eigenvalue weighted by Gasteiger charge is -2.16. The molecule has 0 aliphatic heterocycles. The first-order valence-electron chi connectivity index (χ1n) is 8.70. The lowest BCUT2D eigenvalue weighted by Crippen LogP contribution is -2.38. The van der Waals surface area contributed by atoms with Crippen LogP contribution < -0.4 is 10.6 Å². The number of ether oxygens (including phenoxy) is 1. The molecule has 6 nitrogen and oxygen atoms in total. The summed E-state index contributed by atoms with van der Waals surface area (Å²) >= 11 is 1.69. The molecule has 138 valence electrons. The fourth-order valence-electron chi connectivity index (χ4n) is 2.07. The molecule has 0 amide bonds. The Morgan fingerprint density at radius 1 is 1.38 bits per heavy atom. The highest BCUT2D eigenvalue weighted by Crippen LogP contribution is 2.18. The van der Waals surface area contributed by atoms with E-state index < -0.39 is 0 Å². The molecule has 24 heavy (non-hydrogen) atoms. The lowest BCUT2D eigenvalue weighted by atomic mass is 10.2. The van der Waals surface area contributed by atoms with Gasteiger partial charge in [-0.25, -0.2) is 9.98 Å². The zero-order chi connectivity index (χ0) is 17.8. The number of thiazole rings is 1. The summed E-state index contributed by atoms with van der Waals surface area (Å²) in [5, 5.41) is 9.87. The Kier molecular flexibility index (Phi) is 10.6. The highest BCUT2D eigenvalue weighted by atomic mass is 32.1. The van der Waals surface area contributed by atoms with E-state index in [1.54, 1.807) is 18.4 Å². The van der Waals surface area contributed by atoms with Crippen LogP contribution in [0.25, 0.3) is 0 Å². The summed E-state index contributed by atoms with van der Waals surface area (Å²) in [5.41, 5.74) is 1.15. The number of hydrogen-bond acceptors (Lipinski definition) is 5. The number of nitrogens with zero attached hydrogens (tertiary/aromatic N) is 3. The van der Waals surface area contributed by atoms with Gasteiger partial charge >= 0.3 is 0 Å². The third-order valence-electron chi connectivity index (χ3n) is 3.56. The minimum absolute atomic E-state index is 0.473. The third-order valence-corrected chi connectivity index (χ3v) is 4.42. The summed E-state index contributed by atoms with van der Waals surface area (Å²) in [4.78, 5) is 11.5. The van der Waals surface area contributed by atoms with Gasteiger partial charge in [0.05, 0.1) is 18.8 Å². The molecular weight excluding hydrogens is 322 g/mol. The van der Waals surface area contributed by atoms with Gasteiger partial charge in [-0.15, -0.1) is 11.3 Å². The average molecular weight is 356 g/mol. The minimum atomic E-state index is 0.473. The molecule has 7 heteroatoms. The van der Waals surface area contributed by atoms with Gasteiger partial charge in [-0.1, -0.05) is 13.8 Å². The molecule has 1 aromatic heterocycles. The zero-order valence-corrected chi connectivity index (χ0v) is 16.6. The topological polar surface area (TPSA) is 61.8 Å². The predicted octanol–water partition coefficient (Wildman–Crippen LogP) is 2.29. The summed E-state index contributed by atoms with van der Waals surface area (Å²) < 4.78 is 5.09. The van der Waals surface area contributed by atoms with Crippen molar-refractivity contribution in [2.45, 2.75) is 39.7 Å². The van der Waals surface area contributed by atoms with E-state index in [1.165, 1.54) is 0 Å². The van der Waals surface area contributed by atoms with Crippen molar-refractivity contribution in [2.24, 2.45) is 4.99 Å². The van der Waals surface area contributed by atoms with Crippen molar-refractivity contribution in [3.05, 3.63) is 16.1 Å². The van der Waals surface area contributed by atoms with Crippen LogP contribution in [-0.2, 0) is 11.3 Å². The molecule has 0 saturated carbocycles. The molecule has 0 fully saturated rings. The third kappa shape index (κ3) is 8.61. The second-order valence-corrected chi connectivity index (χ2v) is 7.04. The maximum absolute atomic E-state index is 5.09. The first kappa shape index (κ1) is 20.9. The van der Waals surface area contributed by atoms with E-state index in [2.05, 4.69) is 58.7 Å². The van der Waals surface area contributed by atoms with Gasteiger partial charge in [0.2, 0.25) is 0 Å². The SMILES string of the molecule is CCNC(=NCc1nc(C(C)C)cs1)NCCCN(C)CCOC. The molecule has 0 radical (unpaired) electrons. The van der Waals surface area contributed by atoms with Gasteiger partial charge in [0.15, 0.2) is 5.96 Å². The molecule has 0 aromatic carbocycles. The van der Waals surface area contributed by atoms with Crippen LogP contribution >= 0.6 is 11.3 Å². The first-order valence-corrected chi connectivity index (χ1v) is 9.58. The Bertz CT molecular complexity index is 475. The van der Waals surface area contributed by atoms with Gasteiger partial charge in [-0.3, -0.25) is 0 Å². The largest absolute Gasteiger partial charge is 0.383 e. The van der Waals surface area contributed by atoms with Gasteiger partial charge in [0, 0.05) is 32.1 Å². The second kappa shape index (κ2) is 12.2. The van der Waals surface area contributed by atoms with E-state index in [4.69, 9.17) is 4.74 Å². The average Bonchev–Trinajstić information content (AvgIpc) is 3.03. The Balaban J connectivity index is 2.36. The van der Waals surface area contributed by atoms with Crippen LogP contribution in [-0.4, -0.2) is 62.8 Å². The van der Waals surface area contributed by atoms with Crippen molar-refractivity contribution in [1.29, 1.82) is 0 Å². The Labute approximate surface area is 150 Å². The predicted molar refractivity (Wildman–Crippen MR) is 103 cm³/mol. The quantitative estimate of drug-likeness (QED) is 0.362. The van der Waals surface area contributed by atoms with Gasteiger partial charge in [-0.2, -0.15) is 0 Å². The Morgan fingerprint density at radius 2 is 2.17 bits per heavy atom. The highest BCUT2D eigenvalue weighted by Gasteiger charge is 2.05. The molecule has 0 saturated heterocycles. The molecule has 0 unspecified atom stereocenters. The van der Waals surface area contributed by atoms with E-state index in [0.29, 0.717) is 12.5 Å². The first-order chi connectivity index (χ1) is 11.6. The van der Waals surface area contributed by atoms with Crippen molar-refractivity contribution in [3.63, 3.8) is 0 Å². The van der Waals surface area contributed by atoms with Crippen molar-refractivity contribution >= 4 is 17.3 Å². The van der Waals surface area contributed by atoms with Crippen molar-refractivity contribution in [1.82, 2.24) is 20.5 Å². The smallest absolute Gasteiger partial charge is 0.191 e. The molecule has 1 aromatic rings. The number of guanidine groups is 1. The van der Waals surface area contributed by atoms with Crippen molar-refractivity contribution < 1.29 is 4.74 Å². The Hall–Kier alpha value is -1.18. The van der Waals surface area contributed by atoms with Gasteiger partial charge in [0.1, 0.15) is 5.01 Å². The van der Waals surface area contributed by atoms with Crippen LogP contribution in [0, 0.1) is 0 Å². The molecule has 0 aliphatic carbocycles. The monoisotopic (exact) mass is 355 g/mol. The van der Waals surface area contributed by atoms with Crippen LogP contribution in [0.15, 0.2) is 10.4 Å². The number of nitrogens with one attached hydrogen (secondary N) is 2. The van der Waals surface area contributed by atoms with Crippen LogP contribution in [0.5, 0.6) is 0 Å². The van der Waals surface area contributed by atoms with E-state index in [1.807, 2.05) is 0 Å². The number of hydrogen-bond donors (Lipinski definition) is 2. The number of rotatable bonds is 11. The normalized spacial score (nSPS) is 12.2. The van der Waals surface area contributed by atoms with E-state index in [-0.39, 0.29) is 0 Å². The molecule has 0 spiro atoms. The number of aromatic nitrogens is 1. The molecule has 0 aliphatic rings. The fraction of sp³-hybridized carbons (Fsp3) is 0.765. The van der Waals surface area contributed by atoms with E-state index >= 15 is 0 Å².